The molecule has 3 nitrogen and oxygen atoms in total. The molecule has 0 aromatic heterocycles. The summed E-state index contributed by atoms with van der Waals surface area (Å²) >= 11 is 0. The zero-order valence-corrected chi connectivity index (χ0v) is 9.90. The third-order valence-electron chi connectivity index (χ3n) is 2.88. The van der Waals surface area contributed by atoms with E-state index in [2.05, 4.69) is 9.39 Å². The molecule has 1 unspecified atom stereocenters. The molecule has 1 aliphatic rings. The maximum Gasteiger partial charge on any atom is 0.231 e. The molecular weight excluding hydrogens is 195 g/mol. The van der Waals surface area contributed by atoms with Gasteiger partial charge in [-0.1, -0.05) is 41.5 Å². The Hall–Kier alpha value is -0.140. The number of primary amides is 1. The number of hydrogen-bond donors (Lipinski definition) is 1. The fraction of sp³-hybridized carbons (Fsp3) is 0.900. The average molecular weight is 216 g/mol. The van der Waals surface area contributed by atoms with E-state index in [1.165, 1.54) is 44.9 Å². The van der Waals surface area contributed by atoms with Gasteiger partial charge in [0.2, 0.25) is 5.91 Å². The Balaban J connectivity index is 2.34. The van der Waals surface area contributed by atoms with Crippen LogP contribution >= 0.6 is 9.39 Å². The minimum atomic E-state index is -0.234. The molecule has 0 spiro atoms. The van der Waals surface area contributed by atoms with Gasteiger partial charge in [-0.3, -0.25) is 9.46 Å². The Morgan fingerprint density at radius 3 is 2.21 bits per heavy atom. The van der Waals surface area contributed by atoms with E-state index in [9.17, 15) is 4.79 Å². The van der Waals surface area contributed by atoms with Crippen molar-refractivity contribution in [3.63, 3.8) is 0 Å². The number of nitrogens with two attached hydrogens (primary N) is 1. The quantitative estimate of drug-likeness (QED) is 0.729. The van der Waals surface area contributed by atoms with Gasteiger partial charge in [-0.05, 0) is 12.8 Å². The largest absolute Gasteiger partial charge is 0.369 e. The molecule has 2 N–H and O–H groups in total. The molecule has 0 saturated heterocycles. The van der Waals surface area contributed by atoms with Crippen LogP contribution in [0.2, 0.25) is 0 Å². The predicted molar refractivity (Wildman–Crippen MR) is 61.7 cm³/mol. The summed E-state index contributed by atoms with van der Waals surface area (Å²) in [7, 11) is 2.64. The topological polar surface area (TPSA) is 46.3 Å². The summed E-state index contributed by atoms with van der Waals surface area (Å²) in [5, 5.41) is 0. The molecule has 0 bridgehead atoms. The predicted octanol–water partition coefficient (Wildman–Crippen LogP) is 1.68. The van der Waals surface area contributed by atoms with E-state index in [1.807, 2.05) is 4.67 Å². The van der Waals surface area contributed by atoms with E-state index < -0.39 is 0 Å². The minimum absolute atomic E-state index is 0.234. The van der Waals surface area contributed by atoms with Crippen LogP contribution in [0.3, 0.4) is 0 Å². The molecule has 1 saturated carbocycles. The van der Waals surface area contributed by atoms with Gasteiger partial charge in [-0.2, -0.15) is 0 Å². The molecule has 1 rings (SSSR count). The lowest BCUT2D eigenvalue weighted by molar-refractivity contribution is -0.118. The molecule has 82 valence electrons. The molecule has 1 aliphatic carbocycles. The highest BCUT2D eigenvalue weighted by Gasteiger charge is 2.17. The molecule has 1 atom stereocenters. The molecule has 0 heterocycles. The number of carbonyl (C=O) groups is 1. The van der Waals surface area contributed by atoms with E-state index in [4.69, 9.17) is 5.73 Å². The molecule has 0 aromatic carbocycles. The van der Waals surface area contributed by atoms with Crippen LogP contribution in [0.4, 0.5) is 0 Å². The van der Waals surface area contributed by atoms with Gasteiger partial charge in [0.15, 0.2) is 0 Å². The fourth-order valence-corrected chi connectivity index (χ4v) is 2.55. The summed E-state index contributed by atoms with van der Waals surface area (Å²) in [6.07, 6.45) is 9.03. The lowest BCUT2D eigenvalue weighted by Crippen LogP contribution is -2.34. The number of amides is 1. The van der Waals surface area contributed by atoms with Gasteiger partial charge in [0.25, 0.3) is 0 Å². The third-order valence-corrected chi connectivity index (χ3v) is 3.49. The van der Waals surface area contributed by atoms with Gasteiger partial charge < -0.3 is 5.73 Å². The smallest absolute Gasteiger partial charge is 0.231 e. The normalized spacial score (nSPS) is 20.4. The second kappa shape index (κ2) is 6.36. The Labute approximate surface area is 88.7 Å². The van der Waals surface area contributed by atoms with E-state index in [0.717, 1.165) is 0 Å². The Morgan fingerprint density at radius 2 is 1.71 bits per heavy atom. The molecular formula is C10H21N2OP. The number of hydrogen-bond acceptors (Lipinski definition) is 2. The van der Waals surface area contributed by atoms with Crippen LogP contribution < -0.4 is 5.73 Å². The van der Waals surface area contributed by atoms with Crippen molar-refractivity contribution in [2.45, 2.75) is 51.0 Å². The summed E-state index contributed by atoms with van der Waals surface area (Å²) in [5.74, 6) is -0.234. The standard InChI is InChI=1S/C10H21N2OP/c11-10(13)8-12(14)9-6-4-2-1-3-5-7-9/h9H,1-8,14H2,(H2,11,13). The van der Waals surface area contributed by atoms with E-state index in [-0.39, 0.29) is 5.91 Å². The van der Waals surface area contributed by atoms with Crippen LogP contribution in [0, 0.1) is 0 Å². The van der Waals surface area contributed by atoms with Crippen LogP contribution in [0.1, 0.15) is 44.9 Å². The lowest BCUT2D eigenvalue weighted by atomic mass is 9.97. The van der Waals surface area contributed by atoms with Gasteiger partial charge in [-0.25, -0.2) is 0 Å². The maximum absolute atomic E-state index is 10.8. The van der Waals surface area contributed by atoms with Crippen molar-refractivity contribution in [2.75, 3.05) is 6.54 Å². The molecule has 0 radical (unpaired) electrons. The van der Waals surface area contributed by atoms with Gasteiger partial charge in [0, 0.05) is 6.04 Å². The molecule has 1 amide bonds. The monoisotopic (exact) mass is 216 g/mol. The summed E-state index contributed by atoms with van der Waals surface area (Å²) in [6.45, 7) is 0.370. The minimum Gasteiger partial charge on any atom is -0.369 e. The van der Waals surface area contributed by atoms with E-state index in [0.29, 0.717) is 12.6 Å². The SMILES string of the molecule is NC(=O)CN(P)C1CCCCCCC1. The van der Waals surface area contributed by atoms with Crippen molar-refractivity contribution < 1.29 is 4.79 Å². The van der Waals surface area contributed by atoms with Crippen molar-refractivity contribution in [2.24, 2.45) is 5.73 Å². The third kappa shape index (κ3) is 4.39. The molecule has 4 heteroatoms. The molecule has 1 fully saturated rings. The van der Waals surface area contributed by atoms with Gasteiger partial charge in [-0.15, -0.1) is 0 Å². The van der Waals surface area contributed by atoms with Crippen LogP contribution in [-0.2, 0) is 4.79 Å². The van der Waals surface area contributed by atoms with Crippen molar-refractivity contribution in [3.05, 3.63) is 0 Å². The first-order valence-electron chi connectivity index (χ1n) is 5.50. The zero-order valence-electron chi connectivity index (χ0n) is 8.74. The summed E-state index contributed by atoms with van der Waals surface area (Å²) in [5.41, 5.74) is 5.18. The van der Waals surface area contributed by atoms with Crippen LogP contribution in [0.5, 0.6) is 0 Å². The fourth-order valence-electron chi connectivity index (χ4n) is 2.08. The van der Waals surface area contributed by atoms with Gasteiger partial charge >= 0.3 is 0 Å². The van der Waals surface area contributed by atoms with Crippen LogP contribution in [-0.4, -0.2) is 23.2 Å². The first-order chi connectivity index (χ1) is 6.70. The molecule has 14 heavy (non-hydrogen) atoms. The number of nitrogens with zero attached hydrogens (tertiary/aromatic N) is 1. The summed E-state index contributed by atoms with van der Waals surface area (Å²) in [4.78, 5) is 10.8. The highest BCUT2D eigenvalue weighted by atomic mass is 31.0. The van der Waals surface area contributed by atoms with Crippen molar-refractivity contribution in [3.8, 4) is 0 Å². The van der Waals surface area contributed by atoms with Crippen molar-refractivity contribution in [1.29, 1.82) is 0 Å². The van der Waals surface area contributed by atoms with Crippen molar-refractivity contribution >= 4 is 15.3 Å². The number of carbonyl (C=O) groups excluding carboxylic acids is 1. The molecule has 0 aliphatic heterocycles. The Bertz CT molecular complexity index is 179. The second-order valence-electron chi connectivity index (χ2n) is 4.14. The van der Waals surface area contributed by atoms with Crippen LogP contribution in [0.25, 0.3) is 0 Å². The lowest BCUT2D eigenvalue weighted by Gasteiger charge is -2.28. The zero-order chi connectivity index (χ0) is 10.4. The molecule has 0 aromatic rings. The first-order valence-corrected chi connectivity index (χ1v) is 6.01. The van der Waals surface area contributed by atoms with Gasteiger partial charge in [0.1, 0.15) is 0 Å². The average Bonchev–Trinajstić information content (AvgIpc) is 2.00. The summed E-state index contributed by atoms with van der Waals surface area (Å²) < 4.78 is 2.04. The van der Waals surface area contributed by atoms with Gasteiger partial charge in [0.05, 0.1) is 6.54 Å². The van der Waals surface area contributed by atoms with Crippen LogP contribution in [0.15, 0.2) is 0 Å². The van der Waals surface area contributed by atoms with E-state index >= 15 is 0 Å². The Kier molecular flexibility index (Phi) is 5.42. The highest BCUT2D eigenvalue weighted by molar-refractivity contribution is 7.13. The highest BCUT2D eigenvalue weighted by Crippen LogP contribution is 2.23. The summed E-state index contributed by atoms with van der Waals surface area (Å²) in [6, 6.07) is 0.535. The number of rotatable bonds is 3. The van der Waals surface area contributed by atoms with Crippen molar-refractivity contribution in [1.82, 2.24) is 4.67 Å². The maximum atomic E-state index is 10.8. The Morgan fingerprint density at radius 1 is 1.21 bits per heavy atom. The second-order valence-corrected chi connectivity index (χ2v) is 4.80. The first kappa shape index (κ1) is 11.9. The van der Waals surface area contributed by atoms with E-state index in [1.54, 1.807) is 0 Å².